The first-order valence-corrected chi connectivity index (χ1v) is 6.22. The molecule has 1 aliphatic rings. The van der Waals surface area contributed by atoms with Gasteiger partial charge in [-0.2, -0.15) is 0 Å². The molecule has 1 aromatic rings. The summed E-state index contributed by atoms with van der Waals surface area (Å²) in [6.07, 6.45) is 4.18. The number of carboxylic acids is 1. The lowest BCUT2D eigenvalue weighted by Gasteiger charge is -2.24. The molecule has 0 aliphatic heterocycles. The summed E-state index contributed by atoms with van der Waals surface area (Å²) in [4.78, 5) is 26.8. The maximum atomic E-state index is 11.7. The lowest BCUT2D eigenvalue weighted by Crippen LogP contribution is -2.53. The largest absolute Gasteiger partial charge is 0.480 e. The molecule has 0 unspecified atom stereocenters. The van der Waals surface area contributed by atoms with Gasteiger partial charge in [-0.25, -0.2) is 14.6 Å². The third-order valence-corrected chi connectivity index (χ3v) is 3.56. The number of hydrogen-bond donors (Lipinski definition) is 3. The Bertz CT molecular complexity index is 412. The number of carbonyl (C=O) groups is 2. The summed E-state index contributed by atoms with van der Waals surface area (Å²) in [6, 6.07) is -0.510. The second kappa shape index (κ2) is 4.70. The Morgan fingerprint density at radius 3 is 2.65 bits per heavy atom. The first kappa shape index (κ1) is 11.8. The summed E-state index contributed by atoms with van der Waals surface area (Å²) in [5.74, 6) is -0.968. The van der Waals surface area contributed by atoms with Gasteiger partial charge in [-0.1, -0.05) is 12.8 Å². The number of thiazole rings is 1. The van der Waals surface area contributed by atoms with Crippen LogP contribution in [-0.2, 0) is 4.79 Å². The highest BCUT2D eigenvalue weighted by molar-refractivity contribution is 7.13. The molecule has 1 aromatic heterocycles. The third-order valence-electron chi connectivity index (χ3n) is 2.87. The molecule has 1 saturated carbocycles. The molecule has 0 atom stereocenters. The smallest absolute Gasteiger partial charge is 0.329 e. The molecule has 3 N–H and O–H groups in total. The molecule has 0 saturated heterocycles. The quantitative estimate of drug-likeness (QED) is 0.766. The monoisotopic (exact) mass is 255 g/mol. The first-order chi connectivity index (χ1) is 8.12. The van der Waals surface area contributed by atoms with Crippen molar-refractivity contribution < 1.29 is 14.7 Å². The van der Waals surface area contributed by atoms with Gasteiger partial charge in [-0.15, -0.1) is 11.3 Å². The Hall–Kier alpha value is -1.63. The fraction of sp³-hybridized carbons (Fsp3) is 0.500. The van der Waals surface area contributed by atoms with Crippen LogP contribution >= 0.6 is 11.3 Å². The molecule has 2 amide bonds. The Balaban J connectivity index is 1.99. The van der Waals surface area contributed by atoms with Gasteiger partial charge in [0.05, 0.1) is 0 Å². The zero-order chi connectivity index (χ0) is 12.3. The van der Waals surface area contributed by atoms with E-state index in [1.165, 1.54) is 11.3 Å². The van der Waals surface area contributed by atoms with Gasteiger partial charge in [0.2, 0.25) is 0 Å². The van der Waals surface area contributed by atoms with Gasteiger partial charge in [0, 0.05) is 11.6 Å². The number of amides is 2. The van der Waals surface area contributed by atoms with E-state index in [0.29, 0.717) is 18.0 Å². The Kier molecular flexibility index (Phi) is 3.28. The van der Waals surface area contributed by atoms with E-state index in [-0.39, 0.29) is 0 Å². The molecule has 0 spiro atoms. The van der Waals surface area contributed by atoms with E-state index in [2.05, 4.69) is 15.6 Å². The molecule has 6 nitrogen and oxygen atoms in total. The summed E-state index contributed by atoms with van der Waals surface area (Å²) in [7, 11) is 0. The van der Waals surface area contributed by atoms with Crippen molar-refractivity contribution in [3.05, 3.63) is 11.6 Å². The second-order valence-corrected chi connectivity index (χ2v) is 4.91. The number of nitrogens with one attached hydrogen (secondary N) is 2. The van der Waals surface area contributed by atoms with E-state index in [4.69, 9.17) is 0 Å². The normalized spacial score (nSPS) is 17.6. The SMILES string of the molecule is O=C(Nc1nccs1)NC1(C(=O)O)CCCC1. The fourth-order valence-corrected chi connectivity index (χ4v) is 2.53. The number of aliphatic carboxylic acids is 1. The summed E-state index contributed by atoms with van der Waals surface area (Å²) in [5, 5.41) is 16.4. The van der Waals surface area contributed by atoms with Gasteiger partial charge < -0.3 is 10.4 Å². The minimum Gasteiger partial charge on any atom is -0.480 e. The summed E-state index contributed by atoms with van der Waals surface area (Å²) in [6.45, 7) is 0. The molecule has 92 valence electrons. The first-order valence-electron chi connectivity index (χ1n) is 5.34. The third kappa shape index (κ3) is 2.55. The second-order valence-electron chi connectivity index (χ2n) is 4.01. The van der Waals surface area contributed by atoms with E-state index in [9.17, 15) is 14.7 Å². The van der Waals surface area contributed by atoms with Crippen LogP contribution in [0.1, 0.15) is 25.7 Å². The zero-order valence-corrected chi connectivity index (χ0v) is 9.92. The Labute approximate surface area is 102 Å². The number of carbonyl (C=O) groups excluding carboxylic acids is 1. The van der Waals surface area contributed by atoms with Crippen LogP contribution in [0, 0.1) is 0 Å². The van der Waals surface area contributed by atoms with Gasteiger partial charge in [0.15, 0.2) is 5.13 Å². The Morgan fingerprint density at radius 2 is 2.12 bits per heavy atom. The number of urea groups is 1. The van der Waals surface area contributed by atoms with Crippen molar-refractivity contribution in [1.82, 2.24) is 10.3 Å². The molecule has 0 aromatic carbocycles. The van der Waals surface area contributed by atoms with Gasteiger partial charge in [-0.3, -0.25) is 5.32 Å². The lowest BCUT2D eigenvalue weighted by atomic mass is 9.98. The summed E-state index contributed by atoms with van der Waals surface area (Å²) in [5.41, 5.74) is -1.11. The summed E-state index contributed by atoms with van der Waals surface area (Å²) >= 11 is 1.29. The number of rotatable bonds is 3. The van der Waals surface area contributed by atoms with Gasteiger partial charge in [0.1, 0.15) is 5.54 Å². The number of anilines is 1. The molecule has 2 rings (SSSR count). The Morgan fingerprint density at radius 1 is 1.41 bits per heavy atom. The average Bonchev–Trinajstić information content (AvgIpc) is 2.89. The number of hydrogen-bond acceptors (Lipinski definition) is 4. The van der Waals surface area contributed by atoms with E-state index in [1.807, 2.05) is 0 Å². The predicted molar refractivity (Wildman–Crippen MR) is 63.1 cm³/mol. The minimum absolute atomic E-state index is 0.459. The van der Waals surface area contributed by atoms with Crippen molar-refractivity contribution in [3.63, 3.8) is 0 Å². The molecule has 1 fully saturated rings. The zero-order valence-electron chi connectivity index (χ0n) is 9.10. The van der Waals surface area contributed by atoms with Crippen molar-refractivity contribution in [3.8, 4) is 0 Å². The van der Waals surface area contributed by atoms with Crippen molar-refractivity contribution >= 4 is 28.5 Å². The lowest BCUT2D eigenvalue weighted by molar-refractivity contribution is -0.144. The maximum Gasteiger partial charge on any atom is 0.329 e. The van der Waals surface area contributed by atoms with Gasteiger partial charge >= 0.3 is 12.0 Å². The molecule has 1 heterocycles. The van der Waals surface area contributed by atoms with Crippen LogP contribution in [0.3, 0.4) is 0 Å². The van der Waals surface area contributed by atoms with Gasteiger partial charge in [0.25, 0.3) is 0 Å². The molecule has 7 heteroatoms. The maximum absolute atomic E-state index is 11.7. The van der Waals surface area contributed by atoms with Crippen LogP contribution < -0.4 is 10.6 Å². The van der Waals surface area contributed by atoms with Crippen LogP contribution in [0.25, 0.3) is 0 Å². The number of carboxylic acid groups (broad SMARTS) is 1. The molecule has 0 bridgehead atoms. The van der Waals surface area contributed by atoms with Crippen molar-refractivity contribution in [2.75, 3.05) is 5.32 Å². The van der Waals surface area contributed by atoms with Crippen LogP contribution in [0.4, 0.5) is 9.93 Å². The van der Waals surface area contributed by atoms with E-state index < -0.39 is 17.5 Å². The van der Waals surface area contributed by atoms with Crippen molar-refractivity contribution in [1.29, 1.82) is 0 Å². The molecule has 17 heavy (non-hydrogen) atoms. The molecule has 1 aliphatic carbocycles. The topological polar surface area (TPSA) is 91.3 Å². The number of aromatic nitrogens is 1. The number of nitrogens with zero attached hydrogens (tertiary/aromatic N) is 1. The highest BCUT2D eigenvalue weighted by atomic mass is 32.1. The van der Waals surface area contributed by atoms with Crippen LogP contribution in [0.15, 0.2) is 11.6 Å². The van der Waals surface area contributed by atoms with Crippen LogP contribution in [0.2, 0.25) is 0 Å². The minimum atomic E-state index is -1.11. The van der Waals surface area contributed by atoms with Crippen molar-refractivity contribution in [2.24, 2.45) is 0 Å². The highest BCUT2D eigenvalue weighted by Gasteiger charge is 2.42. The van der Waals surface area contributed by atoms with E-state index in [1.54, 1.807) is 11.6 Å². The van der Waals surface area contributed by atoms with Crippen LogP contribution in [0.5, 0.6) is 0 Å². The predicted octanol–water partition coefficient (Wildman–Crippen LogP) is 1.66. The summed E-state index contributed by atoms with van der Waals surface area (Å²) < 4.78 is 0. The molecular weight excluding hydrogens is 242 g/mol. The molecule has 0 radical (unpaired) electrons. The average molecular weight is 255 g/mol. The molecular formula is C10H13N3O3S. The van der Waals surface area contributed by atoms with Crippen LogP contribution in [-0.4, -0.2) is 27.6 Å². The van der Waals surface area contributed by atoms with E-state index in [0.717, 1.165) is 12.8 Å². The standard InChI is InChI=1S/C10H13N3O3S/c14-7(15)10(3-1-2-4-10)13-8(16)12-9-11-5-6-17-9/h5-6H,1-4H2,(H,14,15)(H2,11,12,13,16). The highest BCUT2D eigenvalue weighted by Crippen LogP contribution is 2.30. The van der Waals surface area contributed by atoms with E-state index >= 15 is 0 Å². The van der Waals surface area contributed by atoms with Crippen molar-refractivity contribution in [2.45, 2.75) is 31.2 Å². The fourth-order valence-electron chi connectivity index (χ4n) is 2.00. The van der Waals surface area contributed by atoms with Gasteiger partial charge in [-0.05, 0) is 12.8 Å².